The number of nitrogens with zero attached hydrogens (tertiary/aromatic N) is 3. The van der Waals surface area contributed by atoms with E-state index >= 15 is 0 Å². The topological polar surface area (TPSA) is 107 Å². The summed E-state index contributed by atoms with van der Waals surface area (Å²) in [7, 11) is 0. The standard InChI is InChI=1S/C19H18N4O4S/c1-12-3-5-14(6-4-12)9-16-13(2)20-19(28-16)21-17(24)11-22-10-15(23(26)27)7-8-18(22)25/h3-8,10H,9,11H2,1-2H3,(H,20,21,24). The van der Waals surface area contributed by atoms with E-state index in [0.29, 0.717) is 11.6 Å². The Kier molecular flexibility index (Phi) is 5.65. The summed E-state index contributed by atoms with van der Waals surface area (Å²) in [6.07, 6.45) is 1.77. The first kappa shape index (κ1) is 19.4. The fourth-order valence-electron chi connectivity index (χ4n) is 2.60. The zero-order valence-corrected chi connectivity index (χ0v) is 16.2. The van der Waals surface area contributed by atoms with Gasteiger partial charge in [0, 0.05) is 23.4 Å². The maximum atomic E-state index is 12.3. The predicted molar refractivity (Wildman–Crippen MR) is 107 cm³/mol. The molecule has 2 aromatic heterocycles. The molecule has 0 saturated heterocycles. The van der Waals surface area contributed by atoms with Crippen molar-refractivity contribution in [3.05, 3.63) is 84.8 Å². The Hall–Kier alpha value is -3.33. The van der Waals surface area contributed by atoms with Gasteiger partial charge in [-0.15, -0.1) is 11.3 Å². The Balaban J connectivity index is 1.70. The molecule has 28 heavy (non-hydrogen) atoms. The van der Waals surface area contributed by atoms with Gasteiger partial charge in [0.2, 0.25) is 5.91 Å². The summed E-state index contributed by atoms with van der Waals surface area (Å²) in [5.41, 5.74) is 2.43. The van der Waals surface area contributed by atoms with Crippen molar-refractivity contribution in [1.29, 1.82) is 0 Å². The first-order valence-corrected chi connectivity index (χ1v) is 9.30. The van der Waals surface area contributed by atoms with E-state index in [4.69, 9.17) is 0 Å². The first-order chi connectivity index (χ1) is 13.3. The molecule has 0 saturated carbocycles. The second-order valence-electron chi connectivity index (χ2n) is 6.35. The number of carbonyl (C=O) groups excluding carboxylic acids is 1. The van der Waals surface area contributed by atoms with Crippen molar-refractivity contribution in [3.63, 3.8) is 0 Å². The van der Waals surface area contributed by atoms with Crippen LogP contribution < -0.4 is 10.9 Å². The molecular weight excluding hydrogens is 380 g/mol. The second-order valence-corrected chi connectivity index (χ2v) is 7.43. The number of hydrogen-bond acceptors (Lipinski definition) is 6. The number of hydrogen-bond donors (Lipinski definition) is 1. The van der Waals surface area contributed by atoms with Crippen molar-refractivity contribution >= 4 is 28.1 Å². The molecule has 8 nitrogen and oxygen atoms in total. The lowest BCUT2D eigenvalue weighted by Gasteiger charge is -2.05. The quantitative estimate of drug-likeness (QED) is 0.507. The minimum absolute atomic E-state index is 0.252. The van der Waals surface area contributed by atoms with Crippen LogP contribution >= 0.6 is 11.3 Å². The third-order valence-electron chi connectivity index (χ3n) is 4.12. The van der Waals surface area contributed by atoms with Crippen LogP contribution in [0.1, 0.15) is 21.7 Å². The van der Waals surface area contributed by atoms with Crippen molar-refractivity contribution in [2.45, 2.75) is 26.8 Å². The van der Waals surface area contributed by atoms with Gasteiger partial charge in [0.25, 0.3) is 11.2 Å². The van der Waals surface area contributed by atoms with Crippen LogP contribution in [0.4, 0.5) is 10.8 Å². The SMILES string of the molecule is Cc1ccc(Cc2sc(NC(=O)Cn3cc([N+](=O)[O-])ccc3=O)nc2C)cc1. The third-order valence-corrected chi connectivity index (χ3v) is 5.19. The van der Waals surface area contributed by atoms with Crippen LogP contribution in [0, 0.1) is 24.0 Å². The van der Waals surface area contributed by atoms with Gasteiger partial charge in [0.15, 0.2) is 5.13 Å². The number of carbonyl (C=O) groups is 1. The predicted octanol–water partition coefficient (Wildman–Crippen LogP) is 3.06. The van der Waals surface area contributed by atoms with Crippen molar-refractivity contribution in [2.24, 2.45) is 0 Å². The van der Waals surface area contributed by atoms with Crippen LogP contribution in [0.15, 0.2) is 47.4 Å². The normalized spacial score (nSPS) is 10.6. The molecule has 3 rings (SSSR count). The van der Waals surface area contributed by atoms with Crippen LogP contribution in [0.2, 0.25) is 0 Å². The number of nitrogens with one attached hydrogen (secondary N) is 1. The van der Waals surface area contributed by atoms with E-state index < -0.39 is 16.4 Å². The van der Waals surface area contributed by atoms with Gasteiger partial charge in [-0.25, -0.2) is 4.98 Å². The molecule has 1 N–H and O–H groups in total. The van der Waals surface area contributed by atoms with Gasteiger partial charge < -0.3 is 5.32 Å². The van der Waals surface area contributed by atoms with E-state index in [1.807, 2.05) is 26.0 Å². The Morgan fingerprint density at radius 3 is 2.61 bits per heavy atom. The highest BCUT2D eigenvalue weighted by Gasteiger charge is 2.14. The van der Waals surface area contributed by atoms with Crippen molar-refractivity contribution in [2.75, 3.05) is 5.32 Å². The van der Waals surface area contributed by atoms with Gasteiger partial charge in [-0.05, 0) is 19.4 Å². The number of rotatable bonds is 6. The van der Waals surface area contributed by atoms with Gasteiger partial charge >= 0.3 is 0 Å². The Morgan fingerprint density at radius 1 is 1.21 bits per heavy atom. The number of amides is 1. The minimum Gasteiger partial charge on any atom is -0.300 e. The largest absolute Gasteiger partial charge is 0.300 e. The summed E-state index contributed by atoms with van der Waals surface area (Å²) in [5, 5.41) is 13.9. The molecule has 144 valence electrons. The number of thiazole rings is 1. The van der Waals surface area contributed by atoms with E-state index in [1.165, 1.54) is 16.9 Å². The monoisotopic (exact) mass is 398 g/mol. The molecule has 0 spiro atoms. The van der Waals surface area contributed by atoms with Gasteiger partial charge in [-0.2, -0.15) is 0 Å². The summed E-state index contributed by atoms with van der Waals surface area (Å²) in [6.45, 7) is 3.58. The third kappa shape index (κ3) is 4.68. The van der Waals surface area contributed by atoms with E-state index in [9.17, 15) is 19.7 Å². The number of anilines is 1. The van der Waals surface area contributed by atoms with Crippen molar-refractivity contribution in [3.8, 4) is 0 Å². The summed E-state index contributed by atoms with van der Waals surface area (Å²) in [4.78, 5) is 39.7. The molecule has 0 aliphatic carbocycles. The van der Waals surface area contributed by atoms with Crippen LogP contribution in [0.25, 0.3) is 0 Å². The molecule has 0 bridgehead atoms. The Morgan fingerprint density at radius 2 is 1.93 bits per heavy atom. The van der Waals surface area contributed by atoms with Crippen LogP contribution in [-0.4, -0.2) is 20.4 Å². The summed E-state index contributed by atoms with van der Waals surface area (Å²) < 4.78 is 1.00. The number of nitro groups is 1. The zero-order valence-electron chi connectivity index (χ0n) is 15.3. The maximum Gasteiger partial charge on any atom is 0.285 e. The minimum atomic E-state index is -0.616. The highest BCUT2D eigenvalue weighted by molar-refractivity contribution is 7.15. The molecule has 1 amide bonds. The molecule has 2 heterocycles. The molecular formula is C19H18N4O4S. The fraction of sp³-hybridized carbons (Fsp3) is 0.211. The lowest BCUT2D eigenvalue weighted by atomic mass is 10.1. The van der Waals surface area contributed by atoms with Gasteiger partial charge in [0.1, 0.15) is 6.54 Å². The molecule has 9 heteroatoms. The second kappa shape index (κ2) is 8.13. The smallest absolute Gasteiger partial charge is 0.285 e. The fourth-order valence-corrected chi connectivity index (χ4v) is 3.61. The summed E-state index contributed by atoms with van der Waals surface area (Å²) >= 11 is 1.37. The van der Waals surface area contributed by atoms with E-state index in [-0.39, 0.29) is 12.2 Å². The highest BCUT2D eigenvalue weighted by atomic mass is 32.1. The van der Waals surface area contributed by atoms with Gasteiger partial charge in [-0.3, -0.25) is 24.3 Å². The lowest BCUT2D eigenvalue weighted by molar-refractivity contribution is -0.385. The molecule has 0 fully saturated rings. The van der Waals surface area contributed by atoms with E-state index in [0.717, 1.165) is 39.0 Å². The molecule has 0 atom stereocenters. The zero-order chi connectivity index (χ0) is 20.3. The van der Waals surface area contributed by atoms with Crippen molar-refractivity contribution in [1.82, 2.24) is 9.55 Å². The summed E-state index contributed by atoms with van der Waals surface area (Å²) in [5.74, 6) is -0.474. The maximum absolute atomic E-state index is 12.3. The highest BCUT2D eigenvalue weighted by Crippen LogP contribution is 2.25. The van der Waals surface area contributed by atoms with Gasteiger partial charge in [-0.1, -0.05) is 29.8 Å². The number of pyridine rings is 1. The van der Waals surface area contributed by atoms with E-state index in [2.05, 4.69) is 22.4 Å². The van der Waals surface area contributed by atoms with Crippen LogP contribution in [0.3, 0.4) is 0 Å². The van der Waals surface area contributed by atoms with Gasteiger partial charge in [0.05, 0.1) is 16.8 Å². The van der Waals surface area contributed by atoms with Crippen LogP contribution in [-0.2, 0) is 17.8 Å². The summed E-state index contributed by atoms with van der Waals surface area (Å²) in [6, 6.07) is 10.4. The molecule has 0 aliphatic heterocycles. The first-order valence-electron chi connectivity index (χ1n) is 8.48. The molecule has 1 aromatic carbocycles. The Bertz CT molecular complexity index is 1090. The Labute approximate surface area is 164 Å². The van der Waals surface area contributed by atoms with Crippen molar-refractivity contribution < 1.29 is 9.72 Å². The van der Waals surface area contributed by atoms with E-state index in [1.54, 1.807) is 0 Å². The number of aromatic nitrogens is 2. The molecule has 0 radical (unpaired) electrons. The molecule has 0 aliphatic rings. The molecule has 3 aromatic rings. The lowest BCUT2D eigenvalue weighted by Crippen LogP contribution is -2.26. The average molecular weight is 398 g/mol. The average Bonchev–Trinajstić information content (AvgIpc) is 2.97. The number of aryl methyl sites for hydroxylation is 2. The van der Waals surface area contributed by atoms with Crippen LogP contribution in [0.5, 0.6) is 0 Å². The molecule has 0 unspecified atom stereocenters. The number of benzene rings is 1.